The van der Waals surface area contributed by atoms with Crippen LogP contribution in [0.1, 0.15) is 24.9 Å². The third-order valence-electron chi connectivity index (χ3n) is 4.45. The van der Waals surface area contributed by atoms with Crippen molar-refractivity contribution in [1.29, 1.82) is 0 Å². The highest BCUT2D eigenvalue weighted by Gasteiger charge is 2.23. The maximum atomic E-state index is 12.5. The number of urea groups is 1. The highest BCUT2D eigenvalue weighted by Crippen LogP contribution is 2.20. The molecule has 0 saturated carbocycles. The normalized spacial score (nSPS) is 16.6. The van der Waals surface area contributed by atoms with E-state index in [-0.39, 0.29) is 24.4 Å². The highest BCUT2D eigenvalue weighted by molar-refractivity contribution is 5.74. The van der Waals surface area contributed by atoms with E-state index in [9.17, 15) is 9.90 Å². The van der Waals surface area contributed by atoms with Gasteiger partial charge in [0, 0.05) is 32.7 Å². The minimum Gasteiger partial charge on any atom is -0.508 e. The first-order valence-corrected chi connectivity index (χ1v) is 8.89. The third kappa shape index (κ3) is 6.19. The van der Waals surface area contributed by atoms with Gasteiger partial charge < -0.3 is 25.2 Å². The summed E-state index contributed by atoms with van der Waals surface area (Å²) in [7, 11) is 0. The van der Waals surface area contributed by atoms with Crippen molar-refractivity contribution in [3.05, 3.63) is 29.8 Å². The molecule has 25 heavy (non-hydrogen) atoms. The largest absolute Gasteiger partial charge is 0.508 e. The number of nitrogens with zero attached hydrogens (tertiary/aromatic N) is 2. The number of rotatable bonds is 8. The van der Waals surface area contributed by atoms with E-state index in [4.69, 9.17) is 9.84 Å². The molecular formula is C18H29N3O4. The van der Waals surface area contributed by atoms with Crippen LogP contribution in [0.3, 0.4) is 0 Å². The van der Waals surface area contributed by atoms with Crippen LogP contribution in [-0.4, -0.2) is 78.6 Å². The lowest BCUT2D eigenvalue weighted by molar-refractivity contribution is 0.0616. The van der Waals surface area contributed by atoms with E-state index in [2.05, 4.69) is 10.2 Å². The summed E-state index contributed by atoms with van der Waals surface area (Å²) in [5.74, 6) is 0.226. The number of aliphatic hydroxyl groups excluding tert-OH is 1. The summed E-state index contributed by atoms with van der Waals surface area (Å²) < 4.78 is 5.28. The Hall–Kier alpha value is -1.83. The second-order valence-electron chi connectivity index (χ2n) is 6.17. The Labute approximate surface area is 149 Å². The standard InChI is InChI=1S/C18H29N3O4/c1-2-17(15-3-5-16(23)6-4-15)19-18(24)21-9-7-20(8-10-21)11-13-25-14-12-22/h3-6,17,22-23H,2,7-14H2,1H3,(H,19,24). The summed E-state index contributed by atoms with van der Waals surface area (Å²) in [6.45, 7) is 6.91. The zero-order valence-corrected chi connectivity index (χ0v) is 14.9. The van der Waals surface area contributed by atoms with Crippen LogP contribution in [0.4, 0.5) is 4.79 Å². The van der Waals surface area contributed by atoms with Gasteiger partial charge >= 0.3 is 6.03 Å². The molecule has 1 aliphatic heterocycles. The van der Waals surface area contributed by atoms with Gasteiger partial charge in [0.15, 0.2) is 0 Å². The van der Waals surface area contributed by atoms with Gasteiger partial charge in [-0.2, -0.15) is 0 Å². The first-order valence-electron chi connectivity index (χ1n) is 8.89. The van der Waals surface area contributed by atoms with Gasteiger partial charge in [-0.1, -0.05) is 19.1 Å². The second-order valence-corrected chi connectivity index (χ2v) is 6.17. The van der Waals surface area contributed by atoms with Gasteiger partial charge in [-0.05, 0) is 24.1 Å². The quantitative estimate of drug-likeness (QED) is 0.613. The second kappa shape index (κ2) is 10.2. The summed E-state index contributed by atoms with van der Waals surface area (Å²) in [6, 6.07) is 6.86. The van der Waals surface area contributed by atoms with E-state index >= 15 is 0 Å². The lowest BCUT2D eigenvalue weighted by Crippen LogP contribution is -2.52. The molecule has 1 saturated heterocycles. The molecular weight excluding hydrogens is 322 g/mol. The maximum Gasteiger partial charge on any atom is 0.317 e. The smallest absolute Gasteiger partial charge is 0.317 e. The van der Waals surface area contributed by atoms with Crippen molar-refractivity contribution in [2.24, 2.45) is 0 Å². The fraction of sp³-hybridized carbons (Fsp3) is 0.611. The van der Waals surface area contributed by atoms with Crippen LogP contribution in [-0.2, 0) is 4.74 Å². The molecule has 2 rings (SSSR count). The van der Waals surface area contributed by atoms with Crippen molar-refractivity contribution >= 4 is 6.03 Å². The topological polar surface area (TPSA) is 85.3 Å². The lowest BCUT2D eigenvalue weighted by atomic mass is 10.0. The van der Waals surface area contributed by atoms with E-state index in [1.165, 1.54) is 0 Å². The predicted molar refractivity (Wildman–Crippen MR) is 95.6 cm³/mol. The van der Waals surface area contributed by atoms with Crippen LogP contribution < -0.4 is 5.32 Å². The molecule has 1 unspecified atom stereocenters. The summed E-state index contributed by atoms with van der Waals surface area (Å²) in [5.41, 5.74) is 0.994. The average Bonchev–Trinajstić information content (AvgIpc) is 2.64. The molecule has 1 heterocycles. The number of aliphatic hydroxyl groups is 1. The van der Waals surface area contributed by atoms with Crippen LogP contribution in [0.5, 0.6) is 5.75 Å². The molecule has 7 nitrogen and oxygen atoms in total. The summed E-state index contributed by atoms with van der Waals surface area (Å²) in [5, 5.41) is 21.2. The fourth-order valence-electron chi connectivity index (χ4n) is 2.90. The van der Waals surface area contributed by atoms with Crippen molar-refractivity contribution in [3.8, 4) is 5.75 Å². The molecule has 1 aromatic rings. The first-order chi connectivity index (χ1) is 12.1. The number of nitrogens with one attached hydrogen (secondary N) is 1. The minimum absolute atomic E-state index is 0.0453. The van der Waals surface area contributed by atoms with Crippen LogP contribution in [0.15, 0.2) is 24.3 Å². The molecule has 0 bridgehead atoms. The van der Waals surface area contributed by atoms with Gasteiger partial charge in [0.25, 0.3) is 0 Å². The van der Waals surface area contributed by atoms with E-state index in [0.717, 1.165) is 31.6 Å². The van der Waals surface area contributed by atoms with E-state index < -0.39 is 0 Å². The Morgan fingerprint density at radius 2 is 1.88 bits per heavy atom. The zero-order valence-electron chi connectivity index (χ0n) is 14.9. The van der Waals surface area contributed by atoms with Gasteiger partial charge in [0.1, 0.15) is 5.75 Å². The summed E-state index contributed by atoms with van der Waals surface area (Å²) in [4.78, 5) is 16.6. The SMILES string of the molecule is CCC(NC(=O)N1CCN(CCOCCO)CC1)c1ccc(O)cc1. The Morgan fingerprint density at radius 3 is 2.48 bits per heavy atom. The van der Waals surface area contributed by atoms with Gasteiger partial charge in [-0.25, -0.2) is 4.79 Å². The first kappa shape index (κ1) is 19.5. The van der Waals surface area contributed by atoms with Gasteiger partial charge in [-0.15, -0.1) is 0 Å². The molecule has 1 fully saturated rings. The van der Waals surface area contributed by atoms with Crippen molar-refractivity contribution in [2.75, 3.05) is 52.5 Å². The Balaban J connectivity index is 1.76. The van der Waals surface area contributed by atoms with Crippen molar-refractivity contribution in [1.82, 2.24) is 15.1 Å². The monoisotopic (exact) mass is 351 g/mol. The number of aromatic hydroxyl groups is 1. The number of carbonyl (C=O) groups is 1. The lowest BCUT2D eigenvalue weighted by Gasteiger charge is -2.35. The van der Waals surface area contributed by atoms with Crippen LogP contribution >= 0.6 is 0 Å². The molecule has 0 spiro atoms. The van der Waals surface area contributed by atoms with E-state index in [0.29, 0.717) is 26.3 Å². The summed E-state index contributed by atoms with van der Waals surface area (Å²) in [6.07, 6.45) is 0.790. The molecule has 0 aliphatic carbocycles. The van der Waals surface area contributed by atoms with E-state index in [1.54, 1.807) is 12.1 Å². The molecule has 3 N–H and O–H groups in total. The predicted octanol–water partition coefficient (Wildman–Crippen LogP) is 1.18. The van der Waals surface area contributed by atoms with Gasteiger partial charge in [0.2, 0.25) is 0 Å². The zero-order chi connectivity index (χ0) is 18.1. The number of amides is 2. The number of ether oxygens (including phenoxy) is 1. The van der Waals surface area contributed by atoms with Crippen LogP contribution in [0.25, 0.3) is 0 Å². The van der Waals surface area contributed by atoms with Gasteiger partial charge in [0.05, 0.1) is 25.9 Å². The number of phenols is 1. The van der Waals surface area contributed by atoms with Crippen LogP contribution in [0.2, 0.25) is 0 Å². The van der Waals surface area contributed by atoms with Gasteiger partial charge in [-0.3, -0.25) is 4.90 Å². The average molecular weight is 351 g/mol. The number of benzene rings is 1. The van der Waals surface area contributed by atoms with Crippen molar-refractivity contribution < 1.29 is 19.7 Å². The molecule has 1 aliphatic rings. The molecule has 2 amide bonds. The number of hydrogen-bond donors (Lipinski definition) is 3. The molecule has 140 valence electrons. The number of phenolic OH excluding ortho intramolecular Hbond substituents is 1. The number of piperazine rings is 1. The molecule has 7 heteroatoms. The van der Waals surface area contributed by atoms with E-state index in [1.807, 2.05) is 24.0 Å². The maximum absolute atomic E-state index is 12.5. The Bertz CT molecular complexity index is 516. The molecule has 1 atom stereocenters. The van der Waals surface area contributed by atoms with Crippen LogP contribution in [0, 0.1) is 0 Å². The minimum atomic E-state index is -0.0574. The number of carbonyl (C=O) groups excluding carboxylic acids is 1. The fourth-order valence-corrected chi connectivity index (χ4v) is 2.90. The number of hydrogen-bond acceptors (Lipinski definition) is 5. The molecule has 1 aromatic carbocycles. The summed E-state index contributed by atoms with van der Waals surface area (Å²) >= 11 is 0. The highest BCUT2D eigenvalue weighted by atomic mass is 16.5. The third-order valence-corrected chi connectivity index (χ3v) is 4.45. The van der Waals surface area contributed by atoms with Crippen molar-refractivity contribution in [3.63, 3.8) is 0 Å². The Kier molecular flexibility index (Phi) is 7.97. The van der Waals surface area contributed by atoms with Crippen molar-refractivity contribution in [2.45, 2.75) is 19.4 Å². The molecule has 0 aromatic heterocycles. The Morgan fingerprint density at radius 1 is 1.20 bits per heavy atom. The molecule has 0 radical (unpaired) electrons.